The van der Waals surface area contributed by atoms with Crippen LogP contribution in [0.5, 0.6) is 0 Å². The number of thioether (sulfide) groups is 1. The third-order valence-electron chi connectivity index (χ3n) is 2.21. The molecule has 1 fully saturated rings. The minimum atomic E-state index is -1.69. The number of nitrogens with zero attached hydrogens (tertiary/aromatic N) is 1. The fraction of sp³-hybridized carbons (Fsp3) is 0.200. The molecule has 3 nitrogen and oxygen atoms in total. The molecular weight excluding hydrogens is 255 g/mol. The van der Waals surface area contributed by atoms with Gasteiger partial charge in [0.25, 0.3) is 0 Å². The number of halogens is 3. The van der Waals surface area contributed by atoms with Crippen LogP contribution in [0.4, 0.5) is 18.9 Å². The maximum atomic E-state index is 13.4. The van der Waals surface area contributed by atoms with Gasteiger partial charge in [-0.3, -0.25) is 9.59 Å². The zero-order valence-electron chi connectivity index (χ0n) is 8.37. The van der Waals surface area contributed by atoms with E-state index in [0.717, 1.165) is 17.8 Å². The van der Waals surface area contributed by atoms with E-state index in [9.17, 15) is 22.8 Å². The Bertz CT molecular complexity index is 491. The summed E-state index contributed by atoms with van der Waals surface area (Å²) in [7, 11) is 0. The summed E-state index contributed by atoms with van der Waals surface area (Å²) in [6.07, 6.45) is 0. The van der Waals surface area contributed by atoms with Gasteiger partial charge in [0.15, 0.2) is 17.5 Å². The van der Waals surface area contributed by atoms with Crippen molar-refractivity contribution in [3.05, 3.63) is 29.6 Å². The molecular formula is C10H6F3NO2S. The number of benzene rings is 1. The number of hydrogen-bond acceptors (Lipinski definition) is 3. The molecule has 1 heterocycles. The van der Waals surface area contributed by atoms with Crippen LogP contribution in [-0.2, 0) is 9.59 Å². The van der Waals surface area contributed by atoms with Gasteiger partial charge in [-0.1, -0.05) is 0 Å². The Labute approximate surface area is 98.6 Å². The van der Waals surface area contributed by atoms with Gasteiger partial charge in [-0.15, -0.1) is 11.8 Å². The zero-order chi connectivity index (χ0) is 12.6. The first-order valence-electron chi connectivity index (χ1n) is 4.59. The van der Waals surface area contributed by atoms with E-state index in [0.29, 0.717) is 11.0 Å². The summed E-state index contributed by atoms with van der Waals surface area (Å²) in [5.74, 6) is -5.86. The van der Waals surface area contributed by atoms with Crippen LogP contribution in [-0.4, -0.2) is 23.3 Å². The summed E-state index contributed by atoms with van der Waals surface area (Å²) < 4.78 is 39.1. The minimum absolute atomic E-state index is 0.00414. The monoisotopic (exact) mass is 261 g/mol. The van der Waals surface area contributed by atoms with Crippen molar-refractivity contribution in [1.29, 1.82) is 0 Å². The Morgan fingerprint density at radius 2 is 1.59 bits per heavy atom. The molecule has 17 heavy (non-hydrogen) atoms. The van der Waals surface area contributed by atoms with Gasteiger partial charge in [0, 0.05) is 0 Å². The maximum absolute atomic E-state index is 13.4. The lowest BCUT2D eigenvalue weighted by atomic mass is 10.2. The molecule has 0 saturated carbocycles. The van der Waals surface area contributed by atoms with E-state index in [1.807, 2.05) is 0 Å². The Kier molecular flexibility index (Phi) is 3.10. The van der Waals surface area contributed by atoms with E-state index >= 15 is 0 Å². The fourth-order valence-corrected chi connectivity index (χ4v) is 2.16. The van der Waals surface area contributed by atoms with Crippen molar-refractivity contribution in [3.8, 4) is 0 Å². The molecule has 1 aromatic carbocycles. The molecule has 1 aliphatic rings. The predicted octanol–water partition coefficient (Wildman–Crippen LogP) is 1.71. The van der Waals surface area contributed by atoms with E-state index in [2.05, 4.69) is 0 Å². The first-order chi connectivity index (χ1) is 8.02. The van der Waals surface area contributed by atoms with Crippen LogP contribution >= 0.6 is 11.8 Å². The van der Waals surface area contributed by atoms with Crippen LogP contribution in [0.2, 0.25) is 0 Å². The van der Waals surface area contributed by atoms with Gasteiger partial charge >= 0.3 is 0 Å². The Hall–Kier alpha value is -1.50. The largest absolute Gasteiger partial charge is 0.273 e. The summed E-state index contributed by atoms with van der Waals surface area (Å²) in [5.41, 5.74) is -0.542. The lowest BCUT2D eigenvalue weighted by Gasteiger charge is -2.24. The van der Waals surface area contributed by atoms with Gasteiger partial charge in [-0.2, -0.15) is 0 Å². The number of carbonyl (C=O) groups is 2. The van der Waals surface area contributed by atoms with E-state index in [4.69, 9.17) is 0 Å². The van der Waals surface area contributed by atoms with Crippen molar-refractivity contribution in [2.24, 2.45) is 0 Å². The summed E-state index contributed by atoms with van der Waals surface area (Å²) in [6.45, 7) is 0. The van der Waals surface area contributed by atoms with Gasteiger partial charge in [0.1, 0.15) is 0 Å². The highest BCUT2D eigenvalue weighted by atomic mass is 32.2. The van der Waals surface area contributed by atoms with E-state index in [-0.39, 0.29) is 11.5 Å². The molecule has 2 rings (SSSR count). The second-order valence-corrected chi connectivity index (χ2v) is 4.30. The van der Waals surface area contributed by atoms with E-state index < -0.39 is 35.0 Å². The molecule has 0 spiro atoms. The van der Waals surface area contributed by atoms with Crippen molar-refractivity contribution < 1.29 is 22.8 Å². The van der Waals surface area contributed by atoms with Crippen LogP contribution in [0, 0.1) is 17.5 Å². The second kappa shape index (κ2) is 4.40. The average Bonchev–Trinajstić information content (AvgIpc) is 2.29. The Morgan fingerprint density at radius 3 is 2.18 bits per heavy atom. The van der Waals surface area contributed by atoms with Crippen LogP contribution in [0.1, 0.15) is 0 Å². The lowest BCUT2D eigenvalue weighted by Crippen LogP contribution is -2.43. The first-order valence-corrected chi connectivity index (χ1v) is 5.75. The molecule has 1 aliphatic heterocycles. The van der Waals surface area contributed by atoms with Gasteiger partial charge in [0.2, 0.25) is 11.8 Å². The molecule has 1 aromatic rings. The van der Waals surface area contributed by atoms with Gasteiger partial charge < -0.3 is 0 Å². The molecule has 0 unspecified atom stereocenters. The molecule has 0 aliphatic carbocycles. The van der Waals surface area contributed by atoms with Crippen LogP contribution in [0.3, 0.4) is 0 Å². The zero-order valence-corrected chi connectivity index (χ0v) is 9.19. The van der Waals surface area contributed by atoms with Crippen LogP contribution < -0.4 is 4.90 Å². The van der Waals surface area contributed by atoms with Crippen LogP contribution in [0.15, 0.2) is 12.1 Å². The predicted molar refractivity (Wildman–Crippen MR) is 56.1 cm³/mol. The van der Waals surface area contributed by atoms with Crippen molar-refractivity contribution in [1.82, 2.24) is 0 Å². The van der Waals surface area contributed by atoms with Gasteiger partial charge in [0.05, 0.1) is 17.2 Å². The maximum Gasteiger partial charge on any atom is 0.243 e. The number of amides is 2. The van der Waals surface area contributed by atoms with Gasteiger partial charge in [-0.25, -0.2) is 18.1 Å². The smallest absolute Gasteiger partial charge is 0.243 e. The van der Waals surface area contributed by atoms with Crippen LogP contribution in [0.25, 0.3) is 0 Å². The summed E-state index contributed by atoms with van der Waals surface area (Å²) in [5, 5.41) is 0. The highest BCUT2D eigenvalue weighted by Gasteiger charge is 2.31. The second-order valence-electron chi connectivity index (χ2n) is 3.31. The molecule has 0 bridgehead atoms. The highest BCUT2D eigenvalue weighted by molar-refractivity contribution is 8.00. The third kappa shape index (κ3) is 2.02. The van der Waals surface area contributed by atoms with E-state index in [1.165, 1.54) is 0 Å². The molecule has 0 N–H and O–H groups in total. The Balaban J connectivity index is 2.49. The molecule has 0 radical (unpaired) electrons. The standard InChI is InChI=1S/C10H6F3NO2S/c11-5-1-2-6(10(13)9(5)12)14-7(15)3-17-4-8(14)16/h1-2H,3-4H2. The molecule has 7 heteroatoms. The number of hydrogen-bond donors (Lipinski definition) is 0. The minimum Gasteiger partial charge on any atom is -0.273 e. The molecule has 2 amide bonds. The normalized spacial score (nSPS) is 16.5. The topological polar surface area (TPSA) is 37.4 Å². The number of rotatable bonds is 1. The Morgan fingerprint density at radius 1 is 1.00 bits per heavy atom. The van der Waals surface area contributed by atoms with Gasteiger partial charge in [-0.05, 0) is 12.1 Å². The van der Waals surface area contributed by atoms with Crippen molar-refractivity contribution >= 4 is 29.3 Å². The highest BCUT2D eigenvalue weighted by Crippen LogP contribution is 2.27. The number of carbonyl (C=O) groups excluding carboxylic acids is 2. The average molecular weight is 261 g/mol. The molecule has 0 aromatic heterocycles. The van der Waals surface area contributed by atoms with Crippen molar-refractivity contribution in [3.63, 3.8) is 0 Å². The van der Waals surface area contributed by atoms with Crippen molar-refractivity contribution in [2.75, 3.05) is 16.4 Å². The summed E-state index contributed by atoms with van der Waals surface area (Å²) >= 11 is 1.09. The fourth-order valence-electron chi connectivity index (χ4n) is 1.45. The lowest BCUT2D eigenvalue weighted by molar-refractivity contribution is -0.124. The SMILES string of the molecule is O=C1CSCC(=O)N1c1ccc(F)c(F)c1F. The number of imide groups is 1. The quantitative estimate of drug-likeness (QED) is 0.570. The van der Waals surface area contributed by atoms with Crippen molar-refractivity contribution in [2.45, 2.75) is 0 Å². The first kappa shape index (κ1) is 12.0. The molecule has 1 saturated heterocycles. The third-order valence-corrected chi connectivity index (χ3v) is 3.11. The summed E-state index contributed by atoms with van der Waals surface area (Å²) in [4.78, 5) is 23.5. The summed E-state index contributed by atoms with van der Waals surface area (Å²) in [6, 6.07) is 1.55. The molecule has 0 atom stereocenters. The van der Waals surface area contributed by atoms with E-state index in [1.54, 1.807) is 0 Å². The number of anilines is 1. The molecule has 90 valence electrons.